The minimum Gasteiger partial charge on any atom is -0.443 e. The summed E-state index contributed by atoms with van der Waals surface area (Å²) in [5.41, 5.74) is 0.00330. The summed E-state index contributed by atoms with van der Waals surface area (Å²) in [6.07, 6.45) is 4.91. The van der Waals surface area contributed by atoms with Crippen molar-refractivity contribution in [1.29, 1.82) is 0 Å². The Morgan fingerprint density at radius 2 is 1.93 bits per heavy atom. The van der Waals surface area contributed by atoms with Crippen LogP contribution in [0.3, 0.4) is 0 Å². The van der Waals surface area contributed by atoms with Crippen LogP contribution in [0.25, 0.3) is 21.9 Å². The lowest BCUT2D eigenvalue weighted by Crippen LogP contribution is -2.35. The van der Waals surface area contributed by atoms with Gasteiger partial charge < -0.3 is 19.4 Å². The van der Waals surface area contributed by atoms with E-state index < -0.39 is 17.5 Å². The Hall–Kier alpha value is -4.35. The lowest BCUT2D eigenvalue weighted by molar-refractivity contribution is 0.0589. The van der Waals surface area contributed by atoms with Gasteiger partial charge in [-0.25, -0.2) is 19.2 Å². The van der Waals surface area contributed by atoms with Crippen molar-refractivity contribution in [2.24, 2.45) is 11.8 Å². The number of nitrogens with one attached hydrogen (secondary N) is 1. The van der Waals surface area contributed by atoms with Crippen molar-refractivity contribution in [3.63, 3.8) is 0 Å². The van der Waals surface area contributed by atoms with Crippen LogP contribution in [0.5, 0.6) is 11.8 Å². The van der Waals surface area contributed by atoms with E-state index in [4.69, 9.17) is 14.5 Å². The second-order valence-corrected chi connectivity index (χ2v) is 12.0. The molecule has 214 valence electrons. The molecule has 0 radical (unpaired) electrons. The number of aromatic nitrogens is 5. The fourth-order valence-electron chi connectivity index (χ4n) is 5.98. The van der Waals surface area contributed by atoms with Gasteiger partial charge in [-0.1, -0.05) is 6.92 Å². The molecule has 1 saturated heterocycles. The predicted molar refractivity (Wildman–Crippen MR) is 151 cm³/mol. The molecule has 1 amide bonds. The van der Waals surface area contributed by atoms with Crippen molar-refractivity contribution in [2.75, 3.05) is 23.4 Å². The summed E-state index contributed by atoms with van der Waals surface area (Å²) in [4.78, 5) is 49.7. The molecule has 4 heterocycles. The maximum Gasteiger partial charge on any atom is 0.414 e. The highest BCUT2D eigenvalue weighted by Gasteiger charge is 2.44. The summed E-state index contributed by atoms with van der Waals surface area (Å²) < 4.78 is 27.0. The number of amides is 1. The molecular weight excluding hydrogens is 529 g/mol. The number of ether oxygens (including phenoxy) is 2. The minimum absolute atomic E-state index is 0.0532. The van der Waals surface area contributed by atoms with Crippen molar-refractivity contribution >= 4 is 45.8 Å². The number of rotatable bonds is 5. The van der Waals surface area contributed by atoms with Gasteiger partial charge in [0.15, 0.2) is 12.0 Å². The zero-order valence-corrected chi connectivity index (χ0v) is 23.9. The summed E-state index contributed by atoms with van der Waals surface area (Å²) in [5.74, 6) is 1.83. The number of H-pyrrole nitrogens is 1. The summed E-state index contributed by atoms with van der Waals surface area (Å²) >= 11 is 0. The molecule has 2 fully saturated rings. The highest BCUT2D eigenvalue weighted by Crippen LogP contribution is 2.47. The molecule has 41 heavy (non-hydrogen) atoms. The number of aldehydes is 1. The second kappa shape index (κ2) is 9.64. The van der Waals surface area contributed by atoms with Crippen molar-refractivity contribution in [1.82, 2.24) is 24.9 Å². The number of hydrogen-bond acceptors (Lipinski definition) is 9. The molecule has 3 atom stereocenters. The lowest BCUT2D eigenvalue weighted by Gasteiger charge is -2.31. The van der Waals surface area contributed by atoms with E-state index in [2.05, 4.69) is 31.8 Å². The minimum atomic E-state index is -0.765. The zero-order chi connectivity index (χ0) is 29.2. The third-order valence-corrected chi connectivity index (χ3v) is 7.94. The largest absolute Gasteiger partial charge is 0.443 e. The monoisotopic (exact) mass is 561 g/mol. The summed E-state index contributed by atoms with van der Waals surface area (Å²) in [6, 6.07) is 1.45. The average molecular weight is 562 g/mol. The van der Waals surface area contributed by atoms with Crippen molar-refractivity contribution in [2.45, 2.75) is 59.1 Å². The molecule has 11 nitrogen and oxygen atoms in total. The Morgan fingerprint density at radius 3 is 2.54 bits per heavy atom. The molecule has 1 aromatic carbocycles. The van der Waals surface area contributed by atoms with E-state index in [1.807, 2.05) is 0 Å². The Kier molecular flexibility index (Phi) is 6.31. The molecule has 1 N–H and O–H groups in total. The van der Waals surface area contributed by atoms with Crippen LogP contribution < -0.4 is 14.5 Å². The molecular formula is C29H32FN7O4. The predicted octanol–water partition coefficient (Wildman–Crippen LogP) is 5.56. The molecule has 0 spiro atoms. The van der Waals surface area contributed by atoms with E-state index in [0.29, 0.717) is 57.5 Å². The number of halogens is 1. The van der Waals surface area contributed by atoms with Crippen LogP contribution in [0.4, 0.5) is 20.7 Å². The molecule has 2 bridgehead atoms. The fraction of sp³-hybridized carbons (Fsp3) is 0.448. The summed E-state index contributed by atoms with van der Waals surface area (Å²) in [5, 5.41) is 0.796. The number of piperidine rings is 1. The third kappa shape index (κ3) is 4.70. The maximum atomic E-state index is 15.5. The number of fused-ring (bicyclic) bond motifs is 5. The van der Waals surface area contributed by atoms with Crippen LogP contribution in [0.2, 0.25) is 0 Å². The van der Waals surface area contributed by atoms with Crippen molar-refractivity contribution < 1.29 is 23.5 Å². The number of anilines is 2. The molecule has 1 aliphatic heterocycles. The van der Waals surface area contributed by atoms with Gasteiger partial charge >= 0.3 is 12.1 Å². The van der Waals surface area contributed by atoms with Gasteiger partial charge in [0.05, 0.1) is 34.5 Å². The molecule has 6 rings (SSSR count). The Bertz CT molecular complexity index is 1680. The van der Waals surface area contributed by atoms with Crippen LogP contribution in [0.1, 0.15) is 56.7 Å². The smallest absolute Gasteiger partial charge is 0.414 e. The van der Waals surface area contributed by atoms with Crippen LogP contribution in [0.15, 0.2) is 18.5 Å². The quantitative estimate of drug-likeness (QED) is 0.312. The van der Waals surface area contributed by atoms with Crippen LogP contribution >= 0.6 is 0 Å². The average Bonchev–Trinajstić information content (AvgIpc) is 3.60. The standard InChI is InChI=1S/C29H32FN7O4/c1-14-7-17-8-16(14)12-37(17)26-23-22-19(13-38)20(30)9-21(36(6)28(39)41-29(3,4)5)24(22)33-25(23)34-27(35-26)40-18-10-31-15(2)32-11-18/h9-11,13-14,16-17H,7-8,12H2,1-6H3,(H,33,34,35)/t14-,16-,17+/m1/s1. The zero-order valence-electron chi connectivity index (χ0n) is 23.9. The lowest BCUT2D eigenvalue weighted by atomic mass is 9.97. The molecule has 2 aliphatic rings. The van der Waals surface area contributed by atoms with E-state index in [1.165, 1.54) is 24.3 Å². The second-order valence-electron chi connectivity index (χ2n) is 12.0. The number of carbonyl (C=O) groups is 2. The first-order valence-electron chi connectivity index (χ1n) is 13.6. The van der Waals surface area contributed by atoms with E-state index >= 15 is 4.39 Å². The Labute approximate surface area is 236 Å². The summed E-state index contributed by atoms with van der Waals surface area (Å²) in [7, 11) is 1.49. The SMILES string of the molecule is Cc1ncc(Oc2nc(N3C[C@H]4C[C@@H]3C[C@H]4C)c3c(n2)[nH]c2c(N(C)C(=O)OC(C)(C)C)cc(F)c(C=O)c23)cn1. The van der Waals surface area contributed by atoms with Gasteiger partial charge in [-0.3, -0.25) is 9.69 Å². The molecule has 1 saturated carbocycles. The Balaban J connectivity index is 1.57. The number of nitrogens with zero attached hydrogens (tertiary/aromatic N) is 6. The molecule has 12 heteroatoms. The molecule has 3 aromatic heterocycles. The van der Waals surface area contributed by atoms with Crippen LogP contribution in [0, 0.1) is 24.6 Å². The van der Waals surface area contributed by atoms with Crippen molar-refractivity contribution in [3.05, 3.63) is 35.7 Å². The van der Waals surface area contributed by atoms with Gasteiger partial charge in [-0.15, -0.1) is 0 Å². The number of aryl methyl sites for hydroxylation is 1. The van der Waals surface area contributed by atoms with Crippen LogP contribution in [-0.4, -0.2) is 62.5 Å². The molecule has 4 aromatic rings. The number of carbonyl (C=O) groups excluding carboxylic acids is 2. The topological polar surface area (TPSA) is 126 Å². The van der Waals surface area contributed by atoms with E-state index in [0.717, 1.165) is 25.5 Å². The van der Waals surface area contributed by atoms with E-state index in [9.17, 15) is 9.59 Å². The van der Waals surface area contributed by atoms with Gasteiger partial charge in [-0.05, 0) is 52.4 Å². The number of benzene rings is 1. The normalized spacial score (nSPS) is 20.2. The van der Waals surface area contributed by atoms with Crippen LogP contribution in [-0.2, 0) is 4.74 Å². The third-order valence-electron chi connectivity index (χ3n) is 7.94. The summed E-state index contributed by atoms with van der Waals surface area (Å²) in [6.45, 7) is 10.1. The van der Waals surface area contributed by atoms with Gasteiger partial charge in [0, 0.05) is 31.1 Å². The number of hydrogen-bond donors (Lipinski definition) is 1. The van der Waals surface area contributed by atoms with Gasteiger partial charge in [-0.2, -0.15) is 9.97 Å². The fourth-order valence-corrected chi connectivity index (χ4v) is 5.98. The highest BCUT2D eigenvalue weighted by molar-refractivity contribution is 6.21. The first kappa shape index (κ1) is 26.9. The first-order valence-corrected chi connectivity index (χ1v) is 13.6. The van der Waals surface area contributed by atoms with Gasteiger partial charge in [0.25, 0.3) is 0 Å². The van der Waals surface area contributed by atoms with E-state index in [-0.39, 0.29) is 23.3 Å². The van der Waals surface area contributed by atoms with E-state index in [1.54, 1.807) is 27.7 Å². The number of aromatic amines is 1. The molecule has 0 unspecified atom stereocenters. The maximum absolute atomic E-state index is 15.5. The Morgan fingerprint density at radius 1 is 1.20 bits per heavy atom. The van der Waals surface area contributed by atoms with Crippen molar-refractivity contribution in [3.8, 4) is 11.8 Å². The first-order chi connectivity index (χ1) is 19.4. The van der Waals surface area contributed by atoms with Gasteiger partial charge in [0.2, 0.25) is 0 Å². The van der Waals surface area contributed by atoms with Gasteiger partial charge in [0.1, 0.15) is 28.7 Å². The highest BCUT2D eigenvalue weighted by atomic mass is 19.1. The molecule has 1 aliphatic carbocycles.